The summed E-state index contributed by atoms with van der Waals surface area (Å²) in [7, 11) is 2.72. The molecule has 2 aromatic carbocycles. The first-order valence-corrected chi connectivity index (χ1v) is 12.8. The van der Waals surface area contributed by atoms with E-state index in [-0.39, 0.29) is 22.3 Å². The van der Waals surface area contributed by atoms with Crippen molar-refractivity contribution in [1.29, 1.82) is 0 Å². The van der Waals surface area contributed by atoms with Crippen molar-refractivity contribution in [2.75, 3.05) is 14.1 Å². The number of amides is 1. The van der Waals surface area contributed by atoms with E-state index < -0.39 is 87.9 Å². The zero-order chi connectivity index (χ0) is 31.0. The van der Waals surface area contributed by atoms with Gasteiger partial charge in [0.05, 0.1) is 35.1 Å². The lowest BCUT2D eigenvalue weighted by Gasteiger charge is -2.55. The highest BCUT2D eigenvalue weighted by molar-refractivity contribution is 6.33. The second kappa shape index (κ2) is 9.68. The number of phenols is 1. The number of ketones is 4. The Labute approximate surface area is 236 Å². The molecule has 5 N–H and O–H groups in total. The van der Waals surface area contributed by atoms with E-state index >= 15 is 0 Å². The molecule has 0 bridgehead atoms. The number of aromatic hydroxyl groups is 1. The minimum absolute atomic E-state index is 0.0441. The van der Waals surface area contributed by atoms with E-state index in [9.17, 15) is 52.5 Å². The van der Waals surface area contributed by atoms with Crippen LogP contribution in [0.5, 0.6) is 5.75 Å². The highest BCUT2D eigenvalue weighted by Crippen LogP contribution is 2.54. The molecule has 0 spiro atoms. The van der Waals surface area contributed by atoms with Gasteiger partial charge in [-0.05, 0) is 49.0 Å². The molecule has 0 aromatic heterocycles. The van der Waals surface area contributed by atoms with Crippen LogP contribution in [0.3, 0.4) is 0 Å². The van der Waals surface area contributed by atoms with E-state index in [0.29, 0.717) is 0 Å². The van der Waals surface area contributed by atoms with Crippen LogP contribution in [-0.4, -0.2) is 81.1 Å². The molecule has 2 saturated carbocycles. The van der Waals surface area contributed by atoms with Gasteiger partial charge in [-0.3, -0.25) is 28.9 Å². The summed E-state index contributed by atoms with van der Waals surface area (Å²) < 4.78 is 39.5. The number of benzene rings is 2. The molecule has 10 nitrogen and oxygen atoms in total. The third-order valence-corrected chi connectivity index (χ3v) is 8.43. The number of Topliss-reactive ketones (excluding diaryl/α,β-unsaturated/α-hetero) is 4. The average Bonchev–Trinajstić information content (AvgIpc) is 2.89. The summed E-state index contributed by atoms with van der Waals surface area (Å²) in [4.78, 5) is 68.0. The fourth-order valence-corrected chi connectivity index (χ4v) is 6.62. The second-order valence-corrected chi connectivity index (χ2v) is 10.9. The summed E-state index contributed by atoms with van der Waals surface area (Å²) in [5, 5.41) is 34.1. The quantitative estimate of drug-likeness (QED) is 0.380. The Morgan fingerprint density at radius 3 is 2.19 bits per heavy atom. The molecular formula is C29H25F3N2O8. The Kier molecular flexibility index (Phi) is 6.75. The first-order valence-electron chi connectivity index (χ1n) is 12.8. The largest absolute Gasteiger partial charge is 0.507 e. The Morgan fingerprint density at radius 1 is 1.02 bits per heavy atom. The fraction of sp³-hybridized carbons (Fsp3) is 0.345. The second-order valence-electron chi connectivity index (χ2n) is 10.9. The normalized spacial score (nSPS) is 32.0. The maximum atomic E-state index is 14.1. The molecule has 2 aromatic rings. The minimum atomic E-state index is -4.62. The van der Waals surface area contributed by atoms with Crippen LogP contribution < -0.4 is 5.73 Å². The molecule has 220 valence electrons. The van der Waals surface area contributed by atoms with Gasteiger partial charge in [0.2, 0.25) is 5.91 Å². The van der Waals surface area contributed by atoms with Crippen LogP contribution in [0.2, 0.25) is 0 Å². The van der Waals surface area contributed by atoms with Crippen molar-refractivity contribution in [3.05, 3.63) is 64.7 Å². The third kappa shape index (κ3) is 4.02. The number of alkyl halides is 3. The molecule has 5 rings (SSSR count). The number of carbonyl (C=O) groups is 5. The summed E-state index contributed by atoms with van der Waals surface area (Å²) in [6.45, 7) is 0. The van der Waals surface area contributed by atoms with Crippen molar-refractivity contribution in [2.24, 2.45) is 29.4 Å². The number of rotatable bonds is 3. The van der Waals surface area contributed by atoms with E-state index in [2.05, 4.69) is 0 Å². The summed E-state index contributed by atoms with van der Waals surface area (Å²) in [5.74, 6) is -14.6. The van der Waals surface area contributed by atoms with E-state index in [1.54, 1.807) is 0 Å². The van der Waals surface area contributed by atoms with E-state index in [1.807, 2.05) is 0 Å². The zero-order valence-electron chi connectivity index (χ0n) is 22.1. The lowest BCUT2D eigenvalue weighted by molar-refractivity contribution is -0.192. The molecule has 2 fully saturated rings. The monoisotopic (exact) mass is 586 g/mol. The van der Waals surface area contributed by atoms with Gasteiger partial charge in [-0.15, -0.1) is 0 Å². The predicted molar refractivity (Wildman–Crippen MR) is 138 cm³/mol. The number of carbonyl (C=O) groups excluding carboxylic acids is 5. The van der Waals surface area contributed by atoms with Crippen molar-refractivity contribution in [2.45, 2.75) is 23.9 Å². The van der Waals surface area contributed by atoms with Crippen LogP contribution in [0.4, 0.5) is 13.2 Å². The Bertz CT molecular complexity index is 1580. The number of hydrogen-bond donors (Lipinski definition) is 4. The topological polar surface area (TPSA) is 175 Å². The predicted octanol–water partition coefficient (Wildman–Crippen LogP) is 0.855. The standard InChI is InChI=1S/C29H25F3N2O8/c1-34(2)21-20-23(37)17-14(10-11-6-8-12(9-7-11)29(30,31)32)13-4-3-5-15(35)16(13)22(36)18(17)25(39)28(20,42)26(40)19(24(21)38)27(33)41/h3-10,17-21,23,35,37,42H,1-2H3,(H2,33,41)/b14-10+/t17-,18?,19?,20-,21+,23+,28+/m0/s1. The first-order chi connectivity index (χ1) is 19.5. The molecule has 3 aliphatic rings. The smallest absolute Gasteiger partial charge is 0.416 e. The Morgan fingerprint density at radius 2 is 1.64 bits per heavy atom. The lowest BCUT2D eigenvalue weighted by atomic mass is 9.50. The van der Waals surface area contributed by atoms with Gasteiger partial charge >= 0.3 is 6.18 Å². The van der Waals surface area contributed by atoms with Crippen molar-refractivity contribution >= 4 is 40.7 Å². The number of aliphatic hydroxyl groups is 2. The van der Waals surface area contributed by atoms with E-state index in [0.717, 1.165) is 30.3 Å². The summed E-state index contributed by atoms with van der Waals surface area (Å²) >= 11 is 0. The SMILES string of the molecule is CN(C)[C@H]1C(=O)C(C(N)=O)C(=O)[C@]2(O)C(=O)C3C(=O)c4c(O)cccc4/C(=C\c4ccc(C(F)(F)F)cc4)[C@@H]3[C@@H](O)[C@H]12. The van der Waals surface area contributed by atoms with Gasteiger partial charge in [-0.25, -0.2) is 0 Å². The van der Waals surface area contributed by atoms with Crippen molar-refractivity contribution in [1.82, 2.24) is 4.90 Å². The Balaban J connectivity index is 1.76. The molecule has 2 unspecified atom stereocenters. The molecule has 0 saturated heterocycles. The van der Waals surface area contributed by atoms with Gasteiger partial charge in [-0.1, -0.05) is 30.3 Å². The molecule has 42 heavy (non-hydrogen) atoms. The van der Waals surface area contributed by atoms with Gasteiger partial charge in [0.25, 0.3) is 0 Å². The number of fused-ring (bicyclic) bond motifs is 3. The van der Waals surface area contributed by atoms with Gasteiger partial charge in [-0.2, -0.15) is 13.2 Å². The maximum absolute atomic E-state index is 14.1. The Hall–Kier alpha value is -4.20. The molecule has 1 amide bonds. The maximum Gasteiger partial charge on any atom is 0.416 e. The number of phenolic OH excluding ortho intramolecular Hbond substituents is 1. The van der Waals surface area contributed by atoms with Crippen LogP contribution in [0.25, 0.3) is 11.6 Å². The van der Waals surface area contributed by atoms with Gasteiger partial charge in [0, 0.05) is 5.92 Å². The third-order valence-electron chi connectivity index (χ3n) is 8.43. The number of likely N-dealkylation sites (N-methyl/N-ethyl adjacent to an activating group) is 1. The van der Waals surface area contributed by atoms with Crippen LogP contribution in [0.1, 0.15) is 27.0 Å². The van der Waals surface area contributed by atoms with Crippen molar-refractivity contribution in [3.8, 4) is 5.75 Å². The minimum Gasteiger partial charge on any atom is -0.507 e. The number of aliphatic hydroxyl groups excluding tert-OH is 1. The summed E-state index contributed by atoms with van der Waals surface area (Å²) in [6, 6.07) is 6.25. The van der Waals surface area contributed by atoms with Crippen molar-refractivity contribution in [3.63, 3.8) is 0 Å². The molecule has 13 heteroatoms. The number of halogens is 3. The molecular weight excluding hydrogens is 561 g/mol. The highest BCUT2D eigenvalue weighted by atomic mass is 19.4. The molecule has 0 aliphatic heterocycles. The molecule has 0 radical (unpaired) electrons. The van der Waals surface area contributed by atoms with Gasteiger partial charge in [0.15, 0.2) is 34.7 Å². The number of nitrogens with zero attached hydrogens (tertiary/aromatic N) is 1. The molecule has 0 heterocycles. The summed E-state index contributed by atoms with van der Waals surface area (Å²) in [6.07, 6.45) is -5.23. The fourth-order valence-electron chi connectivity index (χ4n) is 6.62. The number of nitrogens with two attached hydrogens (primary N) is 1. The van der Waals surface area contributed by atoms with Crippen LogP contribution in [-0.2, 0) is 25.4 Å². The number of hydrogen-bond acceptors (Lipinski definition) is 9. The van der Waals surface area contributed by atoms with Crippen LogP contribution in [0, 0.1) is 23.7 Å². The molecule has 3 aliphatic carbocycles. The zero-order valence-corrected chi connectivity index (χ0v) is 22.1. The number of primary amides is 1. The van der Waals surface area contributed by atoms with Crippen molar-refractivity contribution < 1.29 is 52.5 Å². The summed E-state index contributed by atoms with van der Waals surface area (Å²) in [5.41, 5.74) is 1.09. The highest BCUT2D eigenvalue weighted by Gasteiger charge is 2.72. The first kappa shape index (κ1) is 29.3. The average molecular weight is 587 g/mol. The van der Waals surface area contributed by atoms with Crippen LogP contribution >= 0.6 is 0 Å². The molecule has 7 atom stereocenters. The lowest BCUT2D eigenvalue weighted by Crippen LogP contribution is -2.77. The van der Waals surface area contributed by atoms with Gasteiger partial charge < -0.3 is 21.1 Å². The van der Waals surface area contributed by atoms with E-state index in [4.69, 9.17) is 5.73 Å². The van der Waals surface area contributed by atoms with Crippen LogP contribution in [0.15, 0.2) is 42.5 Å². The van der Waals surface area contributed by atoms with E-state index in [1.165, 1.54) is 37.2 Å². The van der Waals surface area contributed by atoms with Gasteiger partial charge in [0.1, 0.15) is 5.75 Å².